The highest BCUT2D eigenvalue weighted by atomic mass is 35.5. The third-order valence-corrected chi connectivity index (χ3v) is 4.21. The van der Waals surface area contributed by atoms with Crippen LogP contribution < -0.4 is 10.6 Å². The smallest absolute Gasteiger partial charge is 0.341 e. The Hall–Kier alpha value is -2.01. The van der Waals surface area contributed by atoms with E-state index in [0.717, 1.165) is 28.4 Å². The molecule has 3 amide bonds. The molecular formula is C12H11ClF3N5O2S. The Morgan fingerprint density at radius 3 is 2.62 bits per heavy atom. The number of hydrogen-bond acceptors (Lipinski definition) is 5. The number of pyridine rings is 1. The SMILES string of the molecule is CNC(=O)NC(=O)C(C)Sc1nnc2c(Cl)cc(C(F)(F)F)cn12. The number of nitrogens with zero attached hydrogens (tertiary/aromatic N) is 3. The summed E-state index contributed by atoms with van der Waals surface area (Å²) in [7, 11) is 1.34. The van der Waals surface area contributed by atoms with E-state index in [9.17, 15) is 22.8 Å². The van der Waals surface area contributed by atoms with Crippen molar-refractivity contribution in [3.8, 4) is 0 Å². The molecule has 1 atom stereocenters. The van der Waals surface area contributed by atoms with Crippen LogP contribution in [0.4, 0.5) is 18.0 Å². The van der Waals surface area contributed by atoms with Crippen LogP contribution in [0.3, 0.4) is 0 Å². The van der Waals surface area contributed by atoms with Crippen molar-refractivity contribution in [3.05, 3.63) is 22.8 Å². The first kappa shape index (κ1) is 18.3. The zero-order valence-electron chi connectivity index (χ0n) is 12.3. The van der Waals surface area contributed by atoms with E-state index in [2.05, 4.69) is 20.8 Å². The predicted molar refractivity (Wildman–Crippen MR) is 80.9 cm³/mol. The fraction of sp³-hybridized carbons (Fsp3) is 0.333. The van der Waals surface area contributed by atoms with Gasteiger partial charge < -0.3 is 5.32 Å². The van der Waals surface area contributed by atoms with Crippen molar-refractivity contribution in [3.63, 3.8) is 0 Å². The number of amides is 3. The molecule has 1 unspecified atom stereocenters. The number of carbonyl (C=O) groups excluding carboxylic acids is 2. The number of alkyl halides is 3. The Balaban J connectivity index is 2.31. The summed E-state index contributed by atoms with van der Waals surface area (Å²) in [5, 5.41) is 10.8. The van der Waals surface area contributed by atoms with Crippen LogP contribution in [0.5, 0.6) is 0 Å². The summed E-state index contributed by atoms with van der Waals surface area (Å²) in [6.07, 6.45) is -3.79. The molecule has 0 aliphatic carbocycles. The van der Waals surface area contributed by atoms with E-state index in [1.54, 1.807) is 0 Å². The van der Waals surface area contributed by atoms with Crippen molar-refractivity contribution in [2.75, 3.05) is 7.05 Å². The average Bonchev–Trinajstić information content (AvgIpc) is 2.89. The maximum absolute atomic E-state index is 12.9. The number of aromatic nitrogens is 3. The van der Waals surface area contributed by atoms with E-state index in [0.29, 0.717) is 0 Å². The highest BCUT2D eigenvalue weighted by Crippen LogP contribution is 2.33. The lowest BCUT2D eigenvalue weighted by Gasteiger charge is -2.11. The Bertz CT molecular complexity index is 795. The lowest BCUT2D eigenvalue weighted by molar-refractivity contribution is -0.137. The van der Waals surface area contributed by atoms with Crippen LogP contribution in [0.1, 0.15) is 12.5 Å². The summed E-state index contributed by atoms with van der Waals surface area (Å²) >= 11 is 6.64. The number of fused-ring (bicyclic) bond motifs is 1. The van der Waals surface area contributed by atoms with Crippen LogP contribution in [0.2, 0.25) is 5.02 Å². The van der Waals surface area contributed by atoms with Gasteiger partial charge >= 0.3 is 12.2 Å². The lowest BCUT2D eigenvalue weighted by Crippen LogP contribution is -2.41. The molecule has 24 heavy (non-hydrogen) atoms. The molecule has 2 N–H and O–H groups in total. The molecule has 2 rings (SSSR count). The molecule has 0 aliphatic rings. The van der Waals surface area contributed by atoms with Crippen LogP contribution in [-0.4, -0.2) is 38.8 Å². The number of rotatable bonds is 3. The second-order valence-corrected chi connectivity index (χ2v) is 6.29. The van der Waals surface area contributed by atoms with Crippen molar-refractivity contribution in [2.24, 2.45) is 0 Å². The minimum absolute atomic E-state index is 0.0334. The minimum Gasteiger partial charge on any atom is -0.341 e. The van der Waals surface area contributed by atoms with Gasteiger partial charge in [-0.1, -0.05) is 23.4 Å². The quantitative estimate of drug-likeness (QED) is 0.797. The van der Waals surface area contributed by atoms with E-state index in [4.69, 9.17) is 11.6 Å². The summed E-state index contributed by atoms with van der Waals surface area (Å²) < 4.78 is 39.7. The summed E-state index contributed by atoms with van der Waals surface area (Å²) in [6.45, 7) is 1.47. The number of hydrogen-bond donors (Lipinski definition) is 2. The van der Waals surface area contributed by atoms with Gasteiger partial charge in [-0.2, -0.15) is 13.2 Å². The molecule has 2 heterocycles. The van der Waals surface area contributed by atoms with E-state index in [-0.39, 0.29) is 15.8 Å². The van der Waals surface area contributed by atoms with Crippen LogP contribution in [0, 0.1) is 0 Å². The van der Waals surface area contributed by atoms with Gasteiger partial charge in [-0.25, -0.2) is 4.79 Å². The largest absolute Gasteiger partial charge is 0.417 e. The Kier molecular flexibility index (Phi) is 5.23. The number of thioether (sulfide) groups is 1. The number of imide groups is 1. The zero-order valence-corrected chi connectivity index (χ0v) is 13.9. The van der Waals surface area contributed by atoms with Crippen molar-refractivity contribution in [1.29, 1.82) is 0 Å². The molecule has 0 saturated heterocycles. The van der Waals surface area contributed by atoms with Crippen molar-refractivity contribution in [2.45, 2.75) is 23.5 Å². The van der Waals surface area contributed by atoms with Gasteiger partial charge in [0.15, 0.2) is 10.8 Å². The fourth-order valence-electron chi connectivity index (χ4n) is 1.66. The van der Waals surface area contributed by atoms with Crippen LogP contribution in [0.25, 0.3) is 5.65 Å². The maximum Gasteiger partial charge on any atom is 0.417 e. The number of nitrogens with one attached hydrogen (secondary N) is 2. The second kappa shape index (κ2) is 6.85. The zero-order chi connectivity index (χ0) is 18.1. The van der Waals surface area contributed by atoms with Crippen LogP contribution in [0.15, 0.2) is 17.4 Å². The first-order valence-electron chi connectivity index (χ1n) is 6.44. The van der Waals surface area contributed by atoms with Gasteiger partial charge in [-0.05, 0) is 13.0 Å². The molecule has 7 nitrogen and oxygen atoms in total. The molecule has 0 fully saturated rings. The summed E-state index contributed by atoms with van der Waals surface area (Å²) in [5.41, 5.74) is -0.935. The van der Waals surface area contributed by atoms with Gasteiger partial charge in [-0.3, -0.25) is 14.5 Å². The standard InChI is InChI=1S/C12H11ClF3N5O2S/c1-5(9(22)18-10(23)17-2)24-11-20-19-8-7(13)3-6(4-21(8)11)12(14,15)16/h3-5H,1-2H3,(H2,17,18,22,23). The van der Waals surface area contributed by atoms with E-state index in [1.807, 2.05) is 0 Å². The van der Waals surface area contributed by atoms with E-state index in [1.165, 1.54) is 14.0 Å². The lowest BCUT2D eigenvalue weighted by atomic mass is 10.3. The van der Waals surface area contributed by atoms with Gasteiger partial charge in [0.1, 0.15) is 0 Å². The average molecular weight is 382 g/mol. The Morgan fingerprint density at radius 2 is 2.04 bits per heavy atom. The molecule has 12 heteroatoms. The molecule has 2 aromatic heterocycles. The van der Waals surface area contributed by atoms with Crippen molar-refractivity contribution >= 4 is 40.9 Å². The molecule has 0 aliphatic heterocycles. The monoisotopic (exact) mass is 381 g/mol. The second-order valence-electron chi connectivity index (χ2n) is 4.58. The van der Waals surface area contributed by atoms with Gasteiger partial charge in [0, 0.05) is 13.2 Å². The van der Waals surface area contributed by atoms with Gasteiger partial charge in [-0.15, -0.1) is 10.2 Å². The van der Waals surface area contributed by atoms with Gasteiger partial charge in [0.05, 0.1) is 15.8 Å². The number of carbonyl (C=O) groups is 2. The first-order chi connectivity index (χ1) is 11.1. The van der Waals surface area contributed by atoms with Crippen molar-refractivity contribution in [1.82, 2.24) is 25.2 Å². The third kappa shape index (κ3) is 3.90. The predicted octanol–water partition coefficient (Wildman–Crippen LogP) is 2.34. The third-order valence-electron chi connectivity index (χ3n) is 2.87. The molecule has 130 valence electrons. The molecular weight excluding hydrogens is 371 g/mol. The van der Waals surface area contributed by atoms with Gasteiger partial charge in [0.2, 0.25) is 5.91 Å². The number of halogens is 4. The summed E-state index contributed by atoms with van der Waals surface area (Å²) in [6, 6.07) is 0.0582. The fourth-order valence-corrected chi connectivity index (χ4v) is 2.73. The summed E-state index contributed by atoms with van der Waals surface area (Å²) in [4.78, 5) is 22.9. The Morgan fingerprint density at radius 1 is 1.38 bits per heavy atom. The highest BCUT2D eigenvalue weighted by molar-refractivity contribution is 8.00. The molecule has 0 bridgehead atoms. The van der Waals surface area contributed by atoms with Crippen LogP contribution in [-0.2, 0) is 11.0 Å². The van der Waals surface area contributed by atoms with Crippen LogP contribution >= 0.6 is 23.4 Å². The maximum atomic E-state index is 12.9. The van der Waals surface area contributed by atoms with Crippen molar-refractivity contribution < 1.29 is 22.8 Å². The van der Waals surface area contributed by atoms with E-state index < -0.39 is 28.9 Å². The van der Waals surface area contributed by atoms with Gasteiger partial charge in [0.25, 0.3) is 0 Å². The normalized spacial score (nSPS) is 12.9. The topological polar surface area (TPSA) is 88.4 Å². The first-order valence-corrected chi connectivity index (χ1v) is 7.70. The molecule has 0 saturated carbocycles. The minimum atomic E-state index is -4.59. The van der Waals surface area contributed by atoms with E-state index >= 15 is 0 Å². The summed E-state index contributed by atoms with van der Waals surface area (Å²) in [5.74, 6) is -0.630. The number of urea groups is 1. The molecule has 0 spiro atoms. The molecule has 2 aromatic rings. The molecule has 0 radical (unpaired) electrons. The molecule has 0 aromatic carbocycles. The highest BCUT2D eigenvalue weighted by Gasteiger charge is 2.32. The Labute approximate surface area is 142 Å².